The number of hydrogen-bond donors (Lipinski definition) is 0. The third-order valence-corrected chi connectivity index (χ3v) is 3.78. The van der Waals surface area contributed by atoms with Gasteiger partial charge in [0.25, 0.3) is 0 Å². The van der Waals surface area contributed by atoms with Gasteiger partial charge in [0.15, 0.2) is 0 Å². The normalized spacial score (nSPS) is 11.0. The summed E-state index contributed by atoms with van der Waals surface area (Å²) in [6, 6.07) is 1.87. The molecule has 0 radical (unpaired) electrons. The van der Waals surface area contributed by atoms with Crippen LogP contribution in [0.4, 0.5) is 0 Å². The first kappa shape index (κ1) is 13.5. The van der Waals surface area contributed by atoms with Crippen LogP contribution in [0.2, 0.25) is 0 Å². The Bertz CT molecular complexity index is 718. The molecule has 0 unspecified atom stereocenters. The fourth-order valence-electron chi connectivity index (χ4n) is 1.69. The fourth-order valence-corrected chi connectivity index (χ4v) is 2.97. The number of halogens is 2. The molecule has 0 spiro atoms. The predicted molar refractivity (Wildman–Crippen MR) is 80.1 cm³/mol. The first-order valence-corrected chi connectivity index (χ1v) is 7.34. The third-order valence-electron chi connectivity index (χ3n) is 2.57. The van der Waals surface area contributed by atoms with Crippen LogP contribution in [0.1, 0.15) is 11.4 Å². The number of pyridine rings is 1. The maximum Gasteiger partial charge on any atom is 0.246 e. The summed E-state index contributed by atoms with van der Waals surface area (Å²) in [6.45, 7) is 3.72. The summed E-state index contributed by atoms with van der Waals surface area (Å²) in [5.41, 5.74) is 2.80. The second kappa shape index (κ2) is 5.14. The van der Waals surface area contributed by atoms with Gasteiger partial charge in [-0.15, -0.1) is 0 Å². The molecule has 5 nitrogen and oxygen atoms in total. The van der Waals surface area contributed by atoms with Gasteiger partial charge in [-0.25, -0.2) is 15.0 Å². The lowest BCUT2D eigenvalue weighted by atomic mass is 10.3. The van der Waals surface area contributed by atoms with Gasteiger partial charge in [0.05, 0.1) is 11.4 Å². The van der Waals surface area contributed by atoms with E-state index in [-0.39, 0.29) is 0 Å². The number of nitrogens with zero attached hydrogens (tertiary/aromatic N) is 3. The van der Waals surface area contributed by atoms with Crippen LogP contribution in [0.3, 0.4) is 0 Å². The Morgan fingerprint density at radius 2 is 1.25 bits per heavy atom. The van der Waals surface area contributed by atoms with Gasteiger partial charge in [-0.1, -0.05) is 0 Å². The molecule has 102 valence electrons. The van der Waals surface area contributed by atoms with Gasteiger partial charge in [-0.05, 0) is 51.8 Å². The van der Waals surface area contributed by atoms with E-state index >= 15 is 0 Å². The molecule has 0 N–H and O–H groups in total. The smallest absolute Gasteiger partial charge is 0.246 e. The fraction of sp³-hybridized carbons (Fsp3) is 0.154. The van der Waals surface area contributed by atoms with E-state index in [9.17, 15) is 0 Å². The van der Waals surface area contributed by atoms with E-state index < -0.39 is 0 Å². The summed E-state index contributed by atoms with van der Waals surface area (Å²) in [7, 11) is 0. The van der Waals surface area contributed by atoms with Crippen LogP contribution in [0.5, 0.6) is 0 Å². The highest BCUT2D eigenvalue weighted by molar-refractivity contribution is 9.11. The highest BCUT2D eigenvalue weighted by Crippen LogP contribution is 2.34. The van der Waals surface area contributed by atoms with Crippen LogP contribution in [-0.2, 0) is 0 Å². The van der Waals surface area contributed by atoms with Crippen LogP contribution in [0.25, 0.3) is 23.2 Å². The lowest BCUT2D eigenvalue weighted by molar-refractivity contribution is 0.566. The monoisotopic (exact) mass is 397 g/mol. The molecule has 3 aromatic heterocycles. The van der Waals surface area contributed by atoms with Gasteiger partial charge in [0, 0.05) is 8.95 Å². The molecule has 20 heavy (non-hydrogen) atoms. The summed E-state index contributed by atoms with van der Waals surface area (Å²) >= 11 is 6.92. The molecule has 0 saturated heterocycles. The molecule has 0 amide bonds. The minimum absolute atomic E-state index is 0.450. The van der Waals surface area contributed by atoms with Crippen LogP contribution in [0.15, 0.2) is 36.4 Å². The van der Waals surface area contributed by atoms with Crippen LogP contribution in [0, 0.1) is 13.8 Å². The van der Waals surface area contributed by atoms with Crippen molar-refractivity contribution in [2.24, 2.45) is 0 Å². The minimum Gasteiger partial charge on any atom is -0.443 e. The number of aryl methyl sites for hydroxylation is 2. The number of hydrogen-bond acceptors (Lipinski definition) is 5. The zero-order valence-corrected chi connectivity index (χ0v) is 13.8. The van der Waals surface area contributed by atoms with Crippen LogP contribution < -0.4 is 0 Å². The van der Waals surface area contributed by atoms with Crippen LogP contribution >= 0.6 is 31.9 Å². The Morgan fingerprint density at radius 1 is 0.800 bits per heavy atom. The molecule has 0 aliphatic heterocycles. The zero-order valence-electron chi connectivity index (χ0n) is 10.6. The highest BCUT2D eigenvalue weighted by atomic mass is 79.9. The van der Waals surface area contributed by atoms with E-state index in [1.165, 1.54) is 0 Å². The second-order valence-corrected chi connectivity index (χ2v) is 5.95. The Hall–Kier alpha value is -1.47. The lowest BCUT2D eigenvalue weighted by Crippen LogP contribution is -1.92. The van der Waals surface area contributed by atoms with Gasteiger partial charge in [-0.2, -0.15) is 0 Å². The van der Waals surface area contributed by atoms with Crippen molar-refractivity contribution >= 4 is 31.9 Å². The first-order valence-electron chi connectivity index (χ1n) is 5.75. The van der Waals surface area contributed by atoms with Crippen LogP contribution in [-0.4, -0.2) is 15.0 Å². The molecular weight excluding hydrogens is 390 g/mol. The summed E-state index contributed by atoms with van der Waals surface area (Å²) in [6.07, 6.45) is 3.17. The topological polar surface area (TPSA) is 65.0 Å². The van der Waals surface area contributed by atoms with Crippen molar-refractivity contribution in [2.75, 3.05) is 0 Å². The van der Waals surface area contributed by atoms with E-state index in [1.54, 1.807) is 12.5 Å². The maximum absolute atomic E-state index is 5.40. The van der Waals surface area contributed by atoms with Gasteiger partial charge in [0.2, 0.25) is 11.8 Å². The minimum atomic E-state index is 0.450. The van der Waals surface area contributed by atoms with E-state index in [4.69, 9.17) is 8.83 Å². The second-order valence-electron chi connectivity index (χ2n) is 4.24. The van der Waals surface area contributed by atoms with E-state index in [1.807, 2.05) is 19.9 Å². The molecule has 0 aliphatic rings. The van der Waals surface area contributed by atoms with Crippen molar-refractivity contribution in [3.8, 4) is 23.2 Å². The molecule has 3 rings (SSSR count). The molecule has 3 aromatic rings. The predicted octanol–water partition coefficient (Wildman–Crippen LogP) is 4.53. The van der Waals surface area contributed by atoms with Crippen molar-refractivity contribution in [3.63, 3.8) is 0 Å². The average Bonchev–Trinajstić information content (AvgIpc) is 2.99. The SMILES string of the molecule is Cc1coc(-c2nc(-c3nc(C)co3)c(Br)cc2Br)n1. The van der Waals surface area contributed by atoms with E-state index in [0.29, 0.717) is 23.2 Å². The Kier molecular flexibility index (Phi) is 3.47. The Balaban J connectivity index is 2.17. The van der Waals surface area contributed by atoms with Gasteiger partial charge in [-0.3, -0.25) is 0 Å². The van der Waals surface area contributed by atoms with E-state index in [0.717, 1.165) is 20.3 Å². The quantitative estimate of drug-likeness (QED) is 0.634. The molecule has 0 saturated carbocycles. The van der Waals surface area contributed by atoms with Crippen molar-refractivity contribution in [1.29, 1.82) is 0 Å². The zero-order chi connectivity index (χ0) is 14.3. The Morgan fingerprint density at radius 3 is 1.60 bits per heavy atom. The standard InChI is InChI=1S/C13H9Br2N3O2/c1-6-4-19-12(16-6)10-8(14)3-9(15)11(18-10)13-17-7(2)5-20-13/h3-5H,1-2H3. The van der Waals surface area contributed by atoms with Crippen molar-refractivity contribution in [3.05, 3.63) is 38.9 Å². The number of rotatable bonds is 2. The molecule has 0 aliphatic carbocycles. The molecule has 0 atom stereocenters. The molecular formula is C13H9Br2N3O2. The summed E-state index contributed by atoms with van der Waals surface area (Å²) in [5, 5.41) is 0. The molecule has 3 heterocycles. The lowest BCUT2D eigenvalue weighted by Gasteiger charge is -2.04. The molecule has 0 bridgehead atoms. The molecule has 0 fully saturated rings. The van der Waals surface area contributed by atoms with E-state index in [2.05, 4.69) is 46.8 Å². The van der Waals surface area contributed by atoms with Gasteiger partial charge in [0.1, 0.15) is 23.9 Å². The summed E-state index contributed by atoms with van der Waals surface area (Å²) in [4.78, 5) is 13.1. The number of aromatic nitrogens is 3. The maximum atomic E-state index is 5.40. The van der Waals surface area contributed by atoms with Gasteiger partial charge < -0.3 is 8.83 Å². The van der Waals surface area contributed by atoms with Crippen molar-refractivity contribution in [1.82, 2.24) is 15.0 Å². The van der Waals surface area contributed by atoms with Gasteiger partial charge >= 0.3 is 0 Å². The molecule has 0 aromatic carbocycles. The summed E-state index contributed by atoms with van der Waals surface area (Å²) < 4.78 is 12.3. The number of oxazole rings is 2. The largest absolute Gasteiger partial charge is 0.443 e. The average molecular weight is 399 g/mol. The third kappa shape index (κ3) is 2.43. The molecule has 7 heteroatoms. The Labute approximate surface area is 131 Å². The van der Waals surface area contributed by atoms with Crippen molar-refractivity contribution in [2.45, 2.75) is 13.8 Å². The first-order chi connectivity index (χ1) is 9.54. The highest BCUT2D eigenvalue weighted by Gasteiger charge is 2.18. The van der Waals surface area contributed by atoms with Crippen molar-refractivity contribution < 1.29 is 8.83 Å². The summed E-state index contributed by atoms with van der Waals surface area (Å²) in [5.74, 6) is 0.901.